The van der Waals surface area contributed by atoms with Gasteiger partial charge in [0.15, 0.2) is 0 Å². The zero-order chi connectivity index (χ0) is 49.5. The SMILES string of the molecule is O=C(O)CN(CCN(CC(=O)O)CC(=O)NCCOC(=O)CO/N=C/[C@@H](O)[C@@H](O)[C@H](O)[C@H](O)CO)CCN(CC(=O)O)CC(=O)NCCOC(=O)CO/N=C/[C@@H](O)[C@@H](O)[C@H](O)[C@H](O)CO. The van der Waals surface area contributed by atoms with E-state index in [0.29, 0.717) is 12.4 Å². The topological polar surface area (TPSA) is 478 Å². The number of aliphatic carboxylic acids is 3. The van der Waals surface area contributed by atoms with Gasteiger partial charge < -0.3 is 96.2 Å². The maximum absolute atomic E-state index is 12.5. The van der Waals surface area contributed by atoms with Crippen LogP contribution >= 0.6 is 0 Å². The lowest BCUT2D eigenvalue weighted by molar-refractivity contribution is -0.149. The minimum absolute atomic E-state index is 0.137. The number of oxime groups is 2. The van der Waals surface area contributed by atoms with E-state index in [1.54, 1.807) is 0 Å². The Morgan fingerprint density at radius 1 is 0.492 bits per heavy atom. The number of carbonyl (C=O) groups excluding carboxylic acids is 4. The van der Waals surface area contributed by atoms with Crippen molar-refractivity contribution < 1.29 is 119 Å². The second kappa shape index (κ2) is 34.1. The number of nitrogens with zero attached hydrogens (tertiary/aromatic N) is 5. The van der Waals surface area contributed by atoms with Crippen LogP contribution in [-0.4, -0.2) is 296 Å². The lowest BCUT2D eigenvalue weighted by Gasteiger charge is -2.28. The second-order valence-electron chi connectivity index (χ2n) is 13.5. The Balaban J connectivity index is 4.90. The Labute approximate surface area is 369 Å². The first-order valence-corrected chi connectivity index (χ1v) is 19.3. The predicted molar refractivity (Wildman–Crippen MR) is 211 cm³/mol. The molecule has 0 spiro atoms. The van der Waals surface area contributed by atoms with Crippen LogP contribution in [0.25, 0.3) is 0 Å². The van der Waals surface area contributed by atoms with Crippen LogP contribution in [-0.2, 0) is 52.7 Å². The number of ether oxygens (including phenoxy) is 2. The Kier molecular flexibility index (Phi) is 31.3. The van der Waals surface area contributed by atoms with Crippen LogP contribution in [0.3, 0.4) is 0 Å². The molecule has 0 aromatic rings. The summed E-state index contributed by atoms with van der Waals surface area (Å²) in [6.07, 6.45) is -13.8. The second-order valence-corrected chi connectivity index (χ2v) is 13.5. The minimum atomic E-state index is -1.95. The van der Waals surface area contributed by atoms with Gasteiger partial charge in [0.25, 0.3) is 0 Å². The Bertz CT molecular complexity index is 1410. The van der Waals surface area contributed by atoms with Gasteiger partial charge in [-0.1, -0.05) is 10.3 Å². The Hall–Kier alpha value is -5.29. The van der Waals surface area contributed by atoms with Crippen LogP contribution in [0.4, 0.5) is 0 Å². The van der Waals surface area contributed by atoms with Gasteiger partial charge in [0.05, 0.1) is 71.5 Å². The summed E-state index contributed by atoms with van der Waals surface area (Å²) < 4.78 is 9.66. The van der Waals surface area contributed by atoms with E-state index >= 15 is 0 Å². The van der Waals surface area contributed by atoms with Gasteiger partial charge in [-0.3, -0.25) is 38.7 Å². The van der Waals surface area contributed by atoms with Crippen molar-refractivity contribution in [3.8, 4) is 0 Å². The van der Waals surface area contributed by atoms with E-state index in [4.69, 9.17) is 19.7 Å². The first kappa shape index (κ1) is 59.7. The third-order valence-corrected chi connectivity index (χ3v) is 8.15. The molecule has 31 heteroatoms. The monoisotopic (exact) mass is 949 g/mol. The van der Waals surface area contributed by atoms with Gasteiger partial charge in [-0.05, 0) is 0 Å². The van der Waals surface area contributed by atoms with Crippen molar-refractivity contribution >= 4 is 54.1 Å². The lowest BCUT2D eigenvalue weighted by atomic mass is 10.0. The van der Waals surface area contributed by atoms with Crippen LogP contribution in [0.15, 0.2) is 10.3 Å². The fourth-order valence-electron chi connectivity index (χ4n) is 4.79. The number of rotatable bonds is 38. The molecule has 0 aliphatic carbocycles. The molecular formula is C34H59N7O24. The molecule has 8 atom stereocenters. The smallest absolute Gasteiger partial charge is 0.347 e. The van der Waals surface area contributed by atoms with Gasteiger partial charge >= 0.3 is 29.8 Å². The number of amides is 2. The Morgan fingerprint density at radius 2 is 0.815 bits per heavy atom. The van der Waals surface area contributed by atoms with Crippen LogP contribution < -0.4 is 10.6 Å². The van der Waals surface area contributed by atoms with E-state index in [0.717, 1.165) is 9.80 Å². The van der Waals surface area contributed by atoms with Crippen molar-refractivity contribution in [1.29, 1.82) is 0 Å². The molecule has 15 N–H and O–H groups in total. The molecule has 2 amide bonds. The molecule has 0 aromatic heterocycles. The zero-order valence-corrected chi connectivity index (χ0v) is 34.8. The largest absolute Gasteiger partial charge is 0.480 e. The number of carbonyl (C=O) groups is 7. The zero-order valence-electron chi connectivity index (χ0n) is 34.8. The third kappa shape index (κ3) is 29.0. The van der Waals surface area contributed by atoms with E-state index in [2.05, 4.69) is 30.6 Å². The average molecular weight is 950 g/mol. The molecule has 0 aromatic carbocycles. The summed E-state index contributed by atoms with van der Waals surface area (Å²) in [6, 6.07) is 0. The number of esters is 2. The molecule has 0 fully saturated rings. The van der Waals surface area contributed by atoms with E-state index in [-0.39, 0.29) is 52.5 Å². The van der Waals surface area contributed by atoms with Crippen molar-refractivity contribution in [2.24, 2.45) is 10.3 Å². The summed E-state index contributed by atoms with van der Waals surface area (Å²) in [5.74, 6) is -7.36. The average Bonchev–Trinajstić information content (AvgIpc) is 3.25. The molecule has 0 aliphatic rings. The lowest BCUT2D eigenvalue weighted by Crippen LogP contribution is -2.47. The highest BCUT2D eigenvalue weighted by Gasteiger charge is 2.30. The molecule has 0 aliphatic heterocycles. The van der Waals surface area contributed by atoms with Gasteiger partial charge in [-0.25, -0.2) is 9.59 Å². The molecule has 0 radical (unpaired) electrons. The van der Waals surface area contributed by atoms with Gasteiger partial charge in [-0.15, -0.1) is 0 Å². The molecular weight excluding hydrogens is 890 g/mol. The van der Waals surface area contributed by atoms with Gasteiger partial charge in [0.1, 0.15) is 62.0 Å². The summed E-state index contributed by atoms with van der Waals surface area (Å²) in [6.45, 7) is -8.15. The number of carboxylic acid groups (broad SMARTS) is 3. The van der Waals surface area contributed by atoms with Crippen molar-refractivity contribution in [1.82, 2.24) is 25.3 Å². The minimum Gasteiger partial charge on any atom is -0.480 e. The van der Waals surface area contributed by atoms with Crippen molar-refractivity contribution in [3.63, 3.8) is 0 Å². The van der Waals surface area contributed by atoms with Crippen LogP contribution in [0.2, 0.25) is 0 Å². The third-order valence-electron chi connectivity index (χ3n) is 8.15. The van der Waals surface area contributed by atoms with E-state index in [1.807, 2.05) is 0 Å². The number of aliphatic hydroxyl groups excluding tert-OH is 10. The van der Waals surface area contributed by atoms with Crippen LogP contribution in [0, 0.1) is 0 Å². The summed E-state index contributed by atoms with van der Waals surface area (Å²) in [5.41, 5.74) is 0. The predicted octanol–water partition coefficient (Wildman–Crippen LogP) is -10.7. The number of aliphatic hydroxyl groups is 10. The molecule has 0 saturated heterocycles. The number of carboxylic acids is 3. The van der Waals surface area contributed by atoms with Crippen LogP contribution in [0.1, 0.15) is 0 Å². The Morgan fingerprint density at radius 3 is 1.14 bits per heavy atom. The first-order valence-electron chi connectivity index (χ1n) is 19.3. The first-order chi connectivity index (χ1) is 30.6. The van der Waals surface area contributed by atoms with Gasteiger partial charge in [-0.2, -0.15) is 0 Å². The molecule has 0 saturated carbocycles. The summed E-state index contributed by atoms with van der Waals surface area (Å²) in [7, 11) is 0. The molecule has 65 heavy (non-hydrogen) atoms. The molecule has 374 valence electrons. The number of hydrogen-bond acceptors (Lipinski definition) is 26. The van der Waals surface area contributed by atoms with Gasteiger partial charge in [0, 0.05) is 26.2 Å². The molecule has 31 nitrogen and oxygen atoms in total. The quantitative estimate of drug-likeness (QED) is 0.0118. The van der Waals surface area contributed by atoms with Crippen LogP contribution in [0.5, 0.6) is 0 Å². The van der Waals surface area contributed by atoms with E-state index in [9.17, 15) is 89.7 Å². The highest BCUT2D eigenvalue weighted by atomic mass is 16.7. The van der Waals surface area contributed by atoms with Crippen molar-refractivity contribution in [2.45, 2.75) is 48.8 Å². The van der Waals surface area contributed by atoms with Gasteiger partial charge in [0.2, 0.25) is 25.0 Å². The normalized spacial score (nSPS) is 15.5. The maximum Gasteiger partial charge on any atom is 0.347 e. The van der Waals surface area contributed by atoms with E-state index in [1.165, 1.54) is 4.90 Å². The summed E-state index contributed by atoms with van der Waals surface area (Å²) >= 11 is 0. The van der Waals surface area contributed by atoms with Crippen molar-refractivity contribution in [2.75, 3.05) is 112 Å². The highest BCUT2D eigenvalue weighted by Crippen LogP contribution is 2.05. The molecule has 0 rings (SSSR count). The maximum atomic E-state index is 12.5. The fraction of sp³-hybridized carbons (Fsp3) is 0.735. The summed E-state index contributed by atoms with van der Waals surface area (Å²) in [4.78, 5) is 96.1. The number of hydrogen-bond donors (Lipinski definition) is 15. The molecule has 0 heterocycles. The molecule has 0 bridgehead atoms. The fourth-order valence-corrected chi connectivity index (χ4v) is 4.79. The summed E-state index contributed by atoms with van der Waals surface area (Å²) in [5, 5.41) is 133. The van der Waals surface area contributed by atoms with E-state index < -0.39 is 150 Å². The highest BCUT2D eigenvalue weighted by molar-refractivity contribution is 5.80. The van der Waals surface area contributed by atoms with Crippen molar-refractivity contribution in [3.05, 3.63) is 0 Å². The standard InChI is InChI=1S/C34H59N7O24/c42-16-22(46)33(60)31(58)20(44)9-37-64-18-29(56)62-7-1-35-24(48)11-40(14-27(52)53)5-3-39(13-26(50)51)4-6-41(15-28(54)55)12-25(49)36-2-8-63-30(57)19-65-38-10-21(45)32(59)34(61)23(47)17-43/h9-10,20-23,31-34,42-47,58-61H,1-8,11-19H2,(H,35,48)(H,36,49)(H,50,51)(H,52,53)(H,54,55)/b37-9+,38-10+/t20-,21-,22-,23-,31-,32-,33-,34-/m1/s1. The molecule has 0 unspecified atom stereocenters. The number of nitrogens with one attached hydrogen (secondary N) is 2.